The van der Waals surface area contributed by atoms with Gasteiger partial charge in [0, 0.05) is 17.5 Å². The van der Waals surface area contributed by atoms with E-state index < -0.39 is 5.97 Å². The van der Waals surface area contributed by atoms with E-state index in [1.807, 2.05) is 60.7 Å². The highest BCUT2D eigenvalue weighted by molar-refractivity contribution is 6.07. The van der Waals surface area contributed by atoms with Crippen molar-refractivity contribution in [2.45, 2.75) is 12.5 Å². The van der Waals surface area contributed by atoms with Crippen LogP contribution in [0.25, 0.3) is 0 Å². The first-order valence-electron chi connectivity index (χ1n) is 11.6. The van der Waals surface area contributed by atoms with E-state index in [2.05, 4.69) is 0 Å². The molecule has 0 fully saturated rings. The molecule has 5 rings (SSSR count). The largest absolute Gasteiger partial charge is 0.497 e. The summed E-state index contributed by atoms with van der Waals surface area (Å²) >= 11 is 0. The Kier molecular flexibility index (Phi) is 6.58. The van der Waals surface area contributed by atoms with E-state index in [1.165, 1.54) is 5.01 Å². The second kappa shape index (κ2) is 10.3. The SMILES string of the molecule is COc1ccc(C2CC(c3ccccc3OC(=O)c3ccccc3)=NN2C(=O)c2ccccc2)cc1. The molecule has 6 nitrogen and oxygen atoms in total. The first-order chi connectivity index (χ1) is 17.6. The minimum Gasteiger partial charge on any atom is -0.497 e. The Morgan fingerprint density at radius 3 is 2.06 bits per heavy atom. The van der Waals surface area contributed by atoms with Gasteiger partial charge in [0.05, 0.1) is 24.4 Å². The third-order valence-corrected chi connectivity index (χ3v) is 6.05. The molecule has 36 heavy (non-hydrogen) atoms. The van der Waals surface area contributed by atoms with Crippen molar-refractivity contribution >= 4 is 17.6 Å². The van der Waals surface area contributed by atoms with Crippen LogP contribution >= 0.6 is 0 Å². The highest BCUT2D eigenvalue weighted by Gasteiger charge is 2.34. The average Bonchev–Trinajstić information content (AvgIpc) is 3.39. The molecule has 1 amide bonds. The molecular formula is C30H24N2O4. The minimum absolute atomic E-state index is 0.204. The Labute approximate surface area is 209 Å². The van der Waals surface area contributed by atoms with E-state index in [9.17, 15) is 9.59 Å². The summed E-state index contributed by atoms with van der Waals surface area (Å²) in [6.45, 7) is 0. The number of nitrogens with zero attached hydrogens (tertiary/aromatic N) is 2. The number of hydrogen-bond acceptors (Lipinski definition) is 5. The lowest BCUT2D eigenvalue weighted by molar-refractivity contribution is 0.0708. The van der Waals surface area contributed by atoms with E-state index in [0.717, 1.165) is 11.3 Å². The average molecular weight is 477 g/mol. The fourth-order valence-electron chi connectivity index (χ4n) is 4.19. The van der Waals surface area contributed by atoms with Gasteiger partial charge in [0.1, 0.15) is 11.5 Å². The number of hydrazone groups is 1. The summed E-state index contributed by atoms with van der Waals surface area (Å²) < 4.78 is 11.1. The molecule has 1 atom stereocenters. The molecule has 178 valence electrons. The first kappa shape index (κ1) is 23.1. The highest BCUT2D eigenvalue weighted by atomic mass is 16.5. The van der Waals surface area contributed by atoms with Gasteiger partial charge in [-0.05, 0) is 54.1 Å². The maximum absolute atomic E-state index is 13.5. The summed E-state index contributed by atoms with van der Waals surface area (Å²) in [5.74, 6) is 0.473. The number of hydrogen-bond donors (Lipinski definition) is 0. The van der Waals surface area contributed by atoms with E-state index in [1.54, 1.807) is 55.6 Å². The van der Waals surface area contributed by atoms with E-state index >= 15 is 0 Å². The normalized spacial score (nSPS) is 14.8. The van der Waals surface area contributed by atoms with Gasteiger partial charge in [0.15, 0.2) is 0 Å². The van der Waals surface area contributed by atoms with E-state index in [0.29, 0.717) is 34.6 Å². The Morgan fingerprint density at radius 2 is 1.39 bits per heavy atom. The molecule has 0 N–H and O–H groups in total. The zero-order valence-corrected chi connectivity index (χ0v) is 19.7. The van der Waals surface area contributed by atoms with Crippen molar-refractivity contribution in [1.82, 2.24) is 5.01 Å². The summed E-state index contributed by atoms with van der Waals surface area (Å²) in [6, 6.07) is 32.5. The number of para-hydroxylation sites is 1. The molecule has 1 aliphatic heterocycles. The number of carbonyl (C=O) groups is 2. The second-order valence-corrected chi connectivity index (χ2v) is 8.31. The molecule has 1 unspecified atom stereocenters. The Balaban J connectivity index is 1.50. The Hall–Kier alpha value is -4.71. The molecule has 0 bridgehead atoms. The lowest BCUT2D eigenvalue weighted by Crippen LogP contribution is -2.27. The quantitative estimate of drug-likeness (QED) is 0.256. The second-order valence-electron chi connectivity index (χ2n) is 8.31. The van der Waals surface area contributed by atoms with Crippen LogP contribution in [0.15, 0.2) is 114 Å². The third kappa shape index (κ3) is 4.74. The summed E-state index contributed by atoms with van der Waals surface area (Å²) in [5.41, 5.74) is 3.26. The van der Waals surface area contributed by atoms with Gasteiger partial charge in [-0.3, -0.25) is 4.79 Å². The predicted octanol–water partition coefficient (Wildman–Crippen LogP) is 5.91. The van der Waals surface area contributed by atoms with Crippen molar-refractivity contribution in [2.75, 3.05) is 7.11 Å². The van der Waals surface area contributed by atoms with Gasteiger partial charge < -0.3 is 9.47 Å². The molecule has 4 aromatic carbocycles. The zero-order chi connectivity index (χ0) is 24.9. The van der Waals surface area contributed by atoms with Gasteiger partial charge in [-0.1, -0.05) is 60.7 Å². The number of amides is 1. The maximum atomic E-state index is 13.5. The van der Waals surface area contributed by atoms with Crippen LogP contribution in [-0.4, -0.2) is 29.7 Å². The van der Waals surface area contributed by atoms with Gasteiger partial charge in [0.25, 0.3) is 5.91 Å². The number of ether oxygens (including phenoxy) is 2. The summed E-state index contributed by atoms with van der Waals surface area (Å²) in [4.78, 5) is 26.2. The highest BCUT2D eigenvalue weighted by Crippen LogP contribution is 2.36. The van der Waals surface area contributed by atoms with Crippen LogP contribution in [-0.2, 0) is 0 Å². The number of methoxy groups -OCH3 is 1. The van der Waals surface area contributed by atoms with Crippen LogP contribution in [0, 0.1) is 0 Å². The van der Waals surface area contributed by atoms with Gasteiger partial charge in [-0.25, -0.2) is 9.80 Å². The molecule has 1 heterocycles. The van der Waals surface area contributed by atoms with Gasteiger partial charge in [0.2, 0.25) is 0 Å². The van der Waals surface area contributed by atoms with Crippen molar-refractivity contribution in [3.8, 4) is 11.5 Å². The number of esters is 1. The molecule has 1 aliphatic rings. The van der Waals surface area contributed by atoms with Crippen molar-refractivity contribution in [3.63, 3.8) is 0 Å². The number of carbonyl (C=O) groups excluding carboxylic acids is 2. The smallest absolute Gasteiger partial charge is 0.343 e. The number of rotatable bonds is 6. The Bertz CT molecular complexity index is 1400. The predicted molar refractivity (Wildman–Crippen MR) is 137 cm³/mol. The molecule has 0 radical (unpaired) electrons. The molecule has 0 aromatic heterocycles. The van der Waals surface area contributed by atoms with Crippen LogP contribution in [0.3, 0.4) is 0 Å². The van der Waals surface area contributed by atoms with Crippen molar-refractivity contribution in [2.24, 2.45) is 5.10 Å². The minimum atomic E-state index is -0.453. The van der Waals surface area contributed by atoms with Crippen molar-refractivity contribution < 1.29 is 19.1 Å². The monoisotopic (exact) mass is 476 g/mol. The summed E-state index contributed by atoms with van der Waals surface area (Å²) in [6.07, 6.45) is 0.463. The lowest BCUT2D eigenvalue weighted by atomic mass is 9.97. The van der Waals surface area contributed by atoms with Crippen molar-refractivity contribution in [1.29, 1.82) is 0 Å². The molecule has 0 saturated carbocycles. The zero-order valence-electron chi connectivity index (χ0n) is 19.7. The standard InChI is InChI=1S/C30H24N2O4/c1-35-24-18-16-21(17-19-24)27-20-26(31-32(27)29(33)22-10-4-2-5-11-22)25-14-8-9-15-28(25)36-30(34)23-12-6-3-7-13-23/h2-19,27H,20H2,1H3. The molecule has 0 aliphatic carbocycles. The van der Waals surface area contributed by atoms with Crippen LogP contribution < -0.4 is 9.47 Å². The molecule has 0 saturated heterocycles. The molecule has 6 heteroatoms. The number of benzene rings is 4. The molecule has 0 spiro atoms. The lowest BCUT2D eigenvalue weighted by Gasteiger charge is -2.22. The van der Waals surface area contributed by atoms with Gasteiger partial charge >= 0.3 is 5.97 Å². The maximum Gasteiger partial charge on any atom is 0.343 e. The topological polar surface area (TPSA) is 68.2 Å². The van der Waals surface area contributed by atoms with E-state index in [-0.39, 0.29) is 11.9 Å². The summed E-state index contributed by atoms with van der Waals surface area (Å²) in [7, 11) is 1.62. The van der Waals surface area contributed by atoms with Crippen LogP contribution in [0.1, 0.15) is 44.3 Å². The third-order valence-electron chi connectivity index (χ3n) is 6.05. The van der Waals surface area contributed by atoms with Crippen LogP contribution in [0.2, 0.25) is 0 Å². The fraction of sp³-hybridized carbons (Fsp3) is 0.100. The summed E-state index contributed by atoms with van der Waals surface area (Å²) in [5, 5.41) is 6.27. The molecule has 4 aromatic rings. The fourth-order valence-corrected chi connectivity index (χ4v) is 4.19. The first-order valence-corrected chi connectivity index (χ1v) is 11.6. The van der Waals surface area contributed by atoms with Gasteiger partial charge in [-0.2, -0.15) is 5.10 Å². The van der Waals surface area contributed by atoms with Crippen molar-refractivity contribution in [3.05, 3.63) is 131 Å². The van der Waals surface area contributed by atoms with E-state index in [4.69, 9.17) is 14.6 Å². The van der Waals surface area contributed by atoms with Crippen LogP contribution in [0.5, 0.6) is 11.5 Å². The van der Waals surface area contributed by atoms with Gasteiger partial charge in [-0.15, -0.1) is 0 Å². The van der Waals surface area contributed by atoms with Crippen LogP contribution in [0.4, 0.5) is 0 Å². The molecular weight excluding hydrogens is 452 g/mol. The Morgan fingerprint density at radius 1 is 0.778 bits per heavy atom.